The second kappa shape index (κ2) is 3.87. The quantitative estimate of drug-likeness (QED) is 0.694. The van der Waals surface area contributed by atoms with E-state index in [0.717, 1.165) is 25.4 Å². The fourth-order valence-electron chi connectivity index (χ4n) is 1.70. The van der Waals surface area contributed by atoms with E-state index in [9.17, 15) is 0 Å². The first-order chi connectivity index (χ1) is 6.42. The van der Waals surface area contributed by atoms with Crippen LogP contribution in [0.3, 0.4) is 0 Å². The monoisotopic (exact) mass is 181 g/mol. The second-order valence-electron chi connectivity index (χ2n) is 3.33. The summed E-state index contributed by atoms with van der Waals surface area (Å²) in [7, 11) is 0. The largest absolute Gasteiger partial charge is 0.370 e. The van der Waals surface area contributed by atoms with Crippen molar-refractivity contribution >= 4 is 0 Å². The number of hydrogen-bond acceptors (Lipinski definition) is 3. The number of rotatable bonds is 2. The topological polar surface area (TPSA) is 39.9 Å². The molecule has 72 valence electrons. The molecular weight excluding hydrogens is 166 g/mol. The Morgan fingerprint density at radius 2 is 2.54 bits per heavy atom. The molecule has 4 heteroatoms. The number of nitrogens with zero attached hydrogens (tertiary/aromatic N) is 3. The summed E-state index contributed by atoms with van der Waals surface area (Å²) in [6, 6.07) is 0. The lowest BCUT2D eigenvalue weighted by molar-refractivity contribution is 0.00722. The smallest absolute Gasteiger partial charge is 0.162 e. The molecular formula is C9H15N3O. The van der Waals surface area contributed by atoms with E-state index in [0.29, 0.717) is 0 Å². The molecule has 0 N–H and O–H groups in total. The van der Waals surface area contributed by atoms with Crippen molar-refractivity contribution < 1.29 is 4.74 Å². The molecule has 0 aromatic carbocycles. The van der Waals surface area contributed by atoms with Gasteiger partial charge in [0.05, 0.1) is 0 Å². The average molecular weight is 181 g/mol. The first-order valence-corrected chi connectivity index (χ1v) is 4.91. The Labute approximate surface area is 77.9 Å². The highest BCUT2D eigenvalue weighted by atomic mass is 16.5. The summed E-state index contributed by atoms with van der Waals surface area (Å²) in [6.07, 6.45) is 5.44. The molecule has 1 aliphatic rings. The summed E-state index contributed by atoms with van der Waals surface area (Å²) in [4.78, 5) is 0. The molecule has 0 bridgehead atoms. The van der Waals surface area contributed by atoms with E-state index in [-0.39, 0.29) is 6.10 Å². The molecule has 0 amide bonds. The van der Waals surface area contributed by atoms with Crippen molar-refractivity contribution in [3.63, 3.8) is 0 Å². The molecule has 4 nitrogen and oxygen atoms in total. The van der Waals surface area contributed by atoms with Gasteiger partial charge < -0.3 is 9.30 Å². The van der Waals surface area contributed by atoms with Crippen LogP contribution in [0.1, 0.15) is 38.1 Å². The Hall–Kier alpha value is -0.900. The van der Waals surface area contributed by atoms with E-state index in [4.69, 9.17) is 4.74 Å². The van der Waals surface area contributed by atoms with Gasteiger partial charge in [-0.25, -0.2) is 0 Å². The molecule has 13 heavy (non-hydrogen) atoms. The van der Waals surface area contributed by atoms with Gasteiger partial charge in [-0.1, -0.05) is 0 Å². The lowest BCUT2D eigenvalue weighted by Gasteiger charge is -2.21. The third-order valence-electron chi connectivity index (χ3n) is 2.45. The Balaban J connectivity index is 2.13. The Kier molecular flexibility index (Phi) is 2.59. The van der Waals surface area contributed by atoms with Gasteiger partial charge in [-0.05, 0) is 26.2 Å². The van der Waals surface area contributed by atoms with Crippen molar-refractivity contribution in [3.05, 3.63) is 12.2 Å². The summed E-state index contributed by atoms with van der Waals surface area (Å²) in [5, 5.41) is 8.00. The molecule has 2 rings (SSSR count). The SMILES string of the molecule is CCn1cnnc1C1CCCCO1. The van der Waals surface area contributed by atoms with Crippen LogP contribution in [0.5, 0.6) is 0 Å². The van der Waals surface area contributed by atoms with Crippen LogP contribution in [0, 0.1) is 0 Å². The maximum Gasteiger partial charge on any atom is 0.162 e. The Morgan fingerprint density at radius 3 is 3.23 bits per heavy atom. The molecule has 1 aromatic heterocycles. The number of hydrogen-bond donors (Lipinski definition) is 0. The minimum Gasteiger partial charge on any atom is -0.370 e. The average Bonchev–Trinajstić information content (AvgIpc) is 2.67. The summed E-state index contributed by atoms with van der Waals surface area (Å²) in [6.45, 7) is 3.87. The maximum atomic E-state index is 5.64. The predicted molar refractivity (Wildman–Crippen MR) is 48.2 cm³/mol. The standard InChI is InChI=1S/C9H15N3O/c1-2-12-7-10-11-9(12)8-5-3-4-6-13-8/h7-8H,2-6H2,1H3. The van der Waals surface area contributed by atoms with Crippen molar-refractivity contribution in [2.24, 2.45) is 0 Å². The van der Waals surface area contributed by atoms with E-state index < -0.39 is 0 Å². The van der Waals surface area contributed by atoms with Crippen molar-refractivity contribution in [2.75, 3.05) is 6.61 Å². The second-order valence-corrected chi connectivity index (χ2v) is 3.33. The zero-order chi connectivity index (χ0) is 9.10. The van der Waals surface area contributed by atoms with Crippen LogP contribution in [0.2, 0.25) is 0 Å². The van der Waals surface area contributed by atoms with Crippen LogP contribution < -0.4 is 0 Å². The van der Waals surface area contributed by atoms with E-state index in [2.05, 4.69) is 21.7 Å². The van der Waals surface area contributed by atoms with Crippen LogP contribution in [-0.4, -0.2) is 21.4 Å². The highest BCUT2D eigenvalue weighted by molar-refractivity contribution is 4.92. The van der Waals surface area contributed by atoms with E-state index in [1.807, 2.05) is 0 Å². The highest BCUT2D eigenvalue weighted by Gasteiger charge is 2.20. The maximum absolute atomic E-state index is 5.64. The van der Waals surface area contributed by atoms with Crippen LogP contribution in [0.4, 0.5) is 0 Å². The summed E-state index contributed by atoms with van der Waals surface area (Å²) >= 11 is 0. The lowest BCUT2D eigenvalue weighted by Crippen LogP contribution is -2.16. The molecule has 1 atom stereocenters. The predicted octanol–water partition coefficient (Wildman–Crippen LogP) is 1.54. The summed E-state index contributed by atoms with van der Waals surface area (Å²) in [5.74, 6) is 0.988. The van der Waals surface area contributed by atoms with Gasteiger partial charge in [0.1, 0.15) is 12.4 Å². The first kappa shape index (κ1) is 8.69. The van der Waals surface area contributed by atoms with Crippen LogP contribution >= 0.6 is 0 Å². The lowest BCUT2D eigenvalue weighted by atomic mass is 10.1. The minimum absolute atomic E-state index is 0.177. The van der Waals surface area contributed by atoms with Crippen molar-refractivity contribution in [3.8, 4) is 0 Å². The zero-order valence-electron chi connectivity index (χ0n) is 7.94. The molecule has 1 unspecified atom stereocenters. The molecule has 1 saturated heterocycles. The Morgan fingerprint density at radius 1 is 1.62 bits per heavy atom. The number of ether oxygens (including phenoxy) is 1. The molecule has 1 aromatic rings. The van der Waals surface area contributed by atoms with E-state index >= 15 is 0 Å². The van der Waals surface area contributed by atoms with Crippen LogP contribution in [0.15, 0.2) is 6.33 Å². The molecule has 0 radical (unpaired) electrons. The molecule has 2 heterocycles. The third-order valence-corrected chi connectivity index (χ3v) is 2.45. The highest BCUT2D eigenvalue weighted by Crippen LogP contribution is 2.25. The number of aromatic nitrogens is 3. The van der Waals surface area contributed by atoms with Gasteiger partial charge in [0.2, 0.25) is 0 Å². The van der Waals surface area contributed by atoms with Crippen molar-refractivity contribution in [2.45, 2.75) is 38.8 Å². The fraction of sp³-hybridized carbons (Fsp3) is 0.778. The van der Waals surface area contributed by atoms with Gasteiger partial charge >= 0.3 is 0 Å². The molecule has 0 saturated carbocycles. The third kappa shape index (κ3) is 1.72. The normalized spacial score (nSPS) is 23.3. The van der Waals surface area contributed by atoms with E-state index in [1.54, 1.807) is 6.33 Å². The van der Waals surface area contributed by atoms with Gasteiger partial charge in [-0.2, -0.15) is 0 Å². The van der Waals surface area contributed by atoms with E-state index in [1.165, 1.54) is 12.8 Å². The van der Waals surface area contributed by atoms with Gasteiger partial charge in [-0.3, -0.25) is 0 Å². The van der Waals surface area contributed by atoms with Gasteiger partial charge in [0, 0.05) is 13.2 Å². The van der Waals surface area contributed by atoms with Crippen LogP contribution in [0.25, 0.3) is 0 Å². The first-order valence-electron chi connectivity index (χ1n) is 4.91. The van der Waals surface area contributed by atoms with Gasteiger partial charge in [0.25, 0.3) is 0 Å². The van der Waals surface area contributed by atoms with Gasteiger partial charge in [0.15, 0.2) is 5.82 Å². The fourth-order valence-corrected chi connectivity index (χ4v) is 1.70. The zero-order valence-corrected chi connectivity index (χ0v) is 7.94. The minimum atomic E-state index is 0.177. The summed E-state index contributed by atoms with van der Waals surface area (Å²) in [5.41, 5.74) is 0. The Bertz CT molecular complexity index is 266. The molecule has 1 aliphatic heterocycles. The van der Waals surface area contributed by atoms with Crippen molar-refractivity contribution in [1.82, 2.24) is 14.8 Å². The van der Waals surface area contributed by atoms with Gasteiger partial charge in [-0.15, -0.1) is 10.2 Å². The molecule has 1 fully saturated rings. The summed E-state index contributed by atoms with van der Waals surface area (Å²) < 4.78 is 7.69. The molecule has 0 spiro atoms. The molecule has 0 aliphatic carbocycles. The number of aryl methyl sites for hydroxylation is 1. The van der Waals surface area contributed by atoms with Crippen molar-refractivity contribution in [1.29, 1.82) is 0 Å². The van der Waals surface area contributed by atoms with Crippen LogP contribution in [-0.2, 0) is 11.3 Å².